The van der Waals surface area contributed by atoms with E-state index in [1.54, 1.807) is 0 Å². The Balaban J connectivity index is 1.68. The minimum absolute atomic E-state index is 0.152. The number of aliphatic hydroxyl groups is 1. The van der Waals surface area contributed by atoms with Crippen molar-refractivity contribution in [2.75, 3.05) is 19.8 Å². The van der Waals surface area contributed by atoms with Crippen molar-refractivity contribution < 1.29 is 14.6 Å². The molecule has 1 spiro atoms. The summed E-state index contributed by atoms with van der Waals surface area (Å²) in [4.78, 5) is 0. The van der Waals surface area contributed by atoms with Crippen molar-refractivity contribution in [1.82, 2.24) is 0 Å². The highest BCUT2D eigenvalue weighted by atomic mass is 16.7. The molecule has 3 rings (SSSR count). The summed E-state index contributed by atoms with van der Waals surface area (Å²) in [5.74, 6) is 1.52. The van der Waals surface area contributed by atoms with Crippen LogP contribution >= 0.6 is 0 Å². The second-order valence-electron chi connectivity index (χ2n) is 7.00. The van der Waals surface area contributed by atoms with Gasteiger partial charge in [0, 0.05) is 24.9 Å². The molecule has 2 unspecified atom stereocenters. The Morgan fingerprint density at radius 3 is 2.47 bits per heavy atom. The van der Waals surface area contributed by atoms with E-state index >= 15 is 0 Å². The van der Waals surface area contributed by atoms with Crippen LogP contribution in [0.25, 0.3) is 0 Å². The molecule has 0 aromatic rings. The normalized spacial score (nSPS) is 42.9. The highest BCUT2D eigenvalue weighted by molar-refractivity contribution is 4.98. The summed E-state index contributed by atoms with van der Waals surface area (Å²) in [6.45, 7) is 6.31. The molecule has 2 saturated carbocycles. The first-order chi connectivity index (χ1) is 8.04. The lowest BCUT2D eigenvalue weighted by Gasteiger charge is -2.42. The van der Waals surface area contributed by atoms with Crippen LogP contribution in [0.15, 0.2) is 0 Å². The van der Waals surface area contributed by atoms with Gasteiger partial charge in [0.2, 0.25) is 0 Å². The van der Waals surface area contributed by atoms with Gasteiger partial charge in [0.15, 0.2) is 5.79 Å². The van der Waals surface area contributed by atoms with Crippen molar-refractivity contribution in [3.8, 4) is 0 Å². The van der Waals surface area contributed by atoms with Gasteiger partial charge >= 0.3 is 0 Å². The van der Waals surface area contributed by atoms with E-state index in [1.807, 2.05) is 0 Å². The van der Waals surface area contributed by atoms with Gasteiger partial charge in [0.1, 0.15) is 0 Å². The molecule has 0 aromatic heterocycles. The Morgan fingerprint density at radius 2 is 1.82 bits per heavy atom. The maximum absolute atomic E-state index is 9.40. The number of hydrogen-bond donors (Lipinski definition) is 1. The van der Waals surface area contributed by atoms with E-state index < -0.39 is 0 Å². The molecule has 17 heavy (non-hydrogen) atoms. The molecule has 98 valence electrons. The Bertz CT molecular complexity index is 290. The van der Waals surface area contributed by atoms with Gasteiger partial charge in [-0.05, 0) is 30.6 Å². The third-order valence-corrected chi connectivity index (χ3v) is 4.93. The fourth-order valence-corrected chi connectivity index (χ4v) is 3.87. The summed E-state index contributed by atoms with van der Waals surface area (Å²) in [5, 5.41) is 9.40. The summed E-state index contributed by atoms with van der Waals surface area (Å²) in [6.07, 6.45) is 4.48. The van der Waals surface area contributed by atoms with Gasteiger partial charge in [-0.25, -0.2) is 0 Å². The van der Waals surface area contributed by atoms with Crippen LogP contribution in [-0.4, -0.2) is 30.7 Å². The molecule has 3 aliphatic rings. The lowest BCUT2D eigenvalue weighted by Crippen LogP contribution is -2.46. The molecule has 0 radical (unpaired) electrons. The van der Waals surface area contributed by atoms with Crippen LogP contribution in [0.1, 0.15) is 39.5 Å². The molecule has 3 atom stereocenters. The molecule has 1 saturated heterocycles. The quantitative estimate of drug-likeness (QED) is 0.763. The molecule has 3 fully saturated rings. The van der Waals surface area contributed by atoms with Gasteiger partial charge in [0.25, 0.3) is 0 Å². The van der Waals surface area contributed by atoms with Crippen molar-refractivity contribution in [1.29, 1.82) is 0 Å². The second kappa shape index (κ2) is 3.94. The molecule has 3 nitrogen and oxygen atoms in total. The van der Waals surface area contributed by atoms with Crippen LogP contribution in [-0.2, 0) is 9.47 Å². The third-order valence-electron chi connectivity index (χ3n) is 4.93. The Kier molecular flexibility index (Phi) is 2.77. The predicted octanol–water partition coefficient (Wildman–Crippen LogP) is 2.18. The highest BCUT2D eigenvalue weighted by Crippen LogP contribution is 2.54. The lowest BCUT2D eigenvalue weighted by atomic mass is 9.92. The van der Waals surface area contributed by atoms with Crippen LogP contribution in [0, 0.1) is 23.2 Å². The number of ether oxygens (including phenoxy) is 2. The van der Waals surface area contributed by atoms with Crippen LogP contribution in [0.2, 0.25) is 0 Å². The van der Waals surface area contributed by atoms with E-state index in [-0.39, 0.29) is 11.2 Å². The molecule has 2 aliphatic carbocycles. The van der Waals surface area contributed by atoms with Gasteiger partial charge in [-0.1, -0.05) is 13.8 Å². The molecule has 0 aromatic carbocycles. The summed E-state index contributed by atoms with van der Waals surface area (Å²) >= 11 is 0. The first-order valence-corrected chi connectivity index (χ1v) is 6.92. The van der Waals surface area contributed by atoms with E-state index in [9.17, 15) is 5.11 Å². The van der Waals surface area contributed by atoms with E-state index in [0.717, 1.165) is 26.1 Å². The molecule has 1 N–H and O–H groups in total. The summed E-state index contributed by atoms with van der Waals surface area (Å²) in [7, 11) is 0. The first kappa shape index (κ1) is 11.9. The van der Waals surface area contributed by atoms with Crippen LogP contribution in [0.5, 0.6) is 0 Å². The van der Waals surface area contributed by atoms with Gasteiger partial charge in [-0.15, -0.1) is 0 Å². The van der Waals surface area contributed by atoms with Crippen molar-refractivity contribution in [3.05, 3.63) is 0 Å². The van der Waals surface area contributed by atoms with E-state index in [1.165, 1.54) is 12.8 Å². The fraction of sp³-hybridized carbons (Fsp3) is 1.00. The van der Waals surface area contributed by atoms with Gasteiger partial charge in [-0.2, -0.15) is 0 Å². The summed E-state index contributed by atoms with van der Waals surface area (Å²) in [5.41, 5.74) is 0.152. The predicted molar refractivity (Wildman–Crippen MR) is 64.4 cm³/mol. The first-order valence-electron chi connectivity index (χ1n) is 6.92. The molecule has 3 heteroatoms. The van der Waals surface area contributed by atoms with Crippen LogP contribution < -0.4 is 0 Å². The standard InChI is InChI=1S/C14H24O3/c1-13(2)8-16-14(17-9-13)5-10-3-4-11(7-15)12(10)6-14/h10-12,15H,3-9H2,1-2H3/t10?,11?,12-/m0/s1. The summed E-state index contributed by atoms with van der Waals surface area (Å²) < 4.78 is 12.1. The van der Waals surface area contributed by atoms with Crippen molar-refractivity contribution in [2.45, 2.75) is 45.3 Å². The molecule has 1 aliphatic heterocycles. The molecule has 0 bridgehead atoms. The summed E-state index contributed by atoms with van der Waals surface area (Å²) in [6, 6.07) is 0. The van der Waals surface area contributed by atoms with Gasteiger partial charge < -0.3 is 14.6 Å². The van der Waals surface area contributed by atoms with Gasteiger partial charge in [-0.3, -0.25) is 0 Å². The van der Waals surface area contributed by atoms with Crippen molar-refractivity contribution in [2.24, 2.45) is 23.2 Å². The minimum Gasteiger partial charge on any atom is -0.396 e. The molecular weight excluding hydrogens is 216 g/mol. The van der Waals surface area contributed by atoms with E-state index in [4.69, 9.17) is 9.47 Å². The average Bonchev–Trinajstić information content (AvgIpc) is 2.80. The average molecular weight is 240 g/mol. The monoisotopic (exact) mass is 240 g/mol. The topological polar surface area (TPSA) is 38.7 Å². The smallest absolute Gasteiger partial charge is 0.168 e. The van der Waals surface area contributed by atoms with E-state index in [2.05, 4.69) is 13.8 Å². The maximum Gasteiger partial charge on any atom is 0.168 e. The zero-order valence-electron chi connectivity index (χ0n) is 10.9. The third kappa shape index (κ3) is 2.02. The SMILES string of the molecule is CC1(C)COC2(CC3CCC(CO)[C@H]3C2)OC1. The maximum atomic E-state index is 9.40. The minimum atomic E-state index is -0.307. The van der Waals surface area contributed by atoms with Gasteiger partial charge in [0.05, 0.1) is 13.2 Å². The second-order valence-corrected chi connectivity index (χ2v) is 7.00. The number of aliphatic hydroxyl groups excluding tert-OH is 1. The number of hydrogen-bond acceptors (Lipinski definition) is 3. The largest absolute Gasteiger partial charge is 0.396 e. The number of fused-ring (bicyclic) bond motifs is 1. The Labute approximate surface area is 103 Å². The lowest BCUT2D eigenvalue weighted by molar-refractivity contribution is -0.298. The van der Waals surface area contributed by atoms with Crippen LogP contribution in [0.4, 0.5) is 0 Å². The van der Waals surface area contributed by atoms with Crippen molar-refractivity contribution in [3.63, 3.8) is 0 Å². The fourth-order valence-electron chi connectivity index (χ4n) is 3.87. The molecule has 1 heterocycles. The van der Waals surface area contributed by atoms with Crippen molar-refractivity contribution >= 4 is 0 Å². The zero-order chi connectivity index (χ0) is 12.1. The highest BCUT2D eigenvalue weighted by Gasteiger charge is 2.54. The Morgan fingerprint density at radius 1 is 1.12 bits per heavy atom. The van der Waals surface area contributed by atoms with Crippen LogP contribution in [0.3, 0.4) is 0 Å². The number of rotatable bonds is 1. The van der Waals surface area contributed by atoms with E-state index in [0.29, 0.717) is 24.4 Å². The Hall–Kier alpha value is -0.120. The zero-order valence-corrected chi connectivity index (χ0v) is 10.9. The molecule has 0 amide bonds. The molecular formula is C14H24O3.